The van der Waals surface area contributed by atoms with Crippen molar-refractivity contribution in [1.29, 1.82) is 0 Å². The van der Waals surface area contributed by atoms with Crippen LogP contribution in [0.25, 0.3) is 11.0 Å². The van der Waals surface area contributed by atoms with Gasteiger partial charge in [0.25, 0.3) is 0 Å². The van der Waals surface area contributed by atoms with Crippen molar-refractivity contribution >= 4 is 27.0 Å². The molecule has 1 aliphatic heterocycles. The summed E-state index contributed by atoms with van der Waals surface area (Å²) in [5.41, 5.74) is 1.81. The van der Waals surface area contributed by atoms with Crippen LogP contribution in [0.3, 0.4) is 0 Å². The molecule has 0 aliphatic carbocycles. The fraction of sp³-hybridized carbons (Fsp3) is 0.462. The molecule has 0 spiro atoms. The lowest BCUT2D eigenvalue weighted by Gasteiger charge is -2.22. The molecule has 1 saturated heterocycles. The van der Waals surface area contributed by atoms with Gasteiger partial charge in [0, 0.05) is 23.5 Å². The van der Waals surface area contributed by atoms with E-state index in [1.54, 1.807) is 0 Å². The molecule has 1 N–H and O–H groups in total. The van der Waals surface area contributed by atoms with Gasteiger partial charge >= 0.3 is 5.69 Å². The SMILES string of the molecule is O=c1[nH]c2ccc(Br)cc2n1CC1CCCOC1. The van der Waals surface area contributed by atoms with Gasteiger partial charge in [-0.1, -0.05) is 15.9 Å². The number of hydrogen-bond donors (Lipinski definition) is 1. The van der Waals surface area contributed by atoms with E-state index < -0.39 is 0 Å². The quantitative estimate of drug-likeness (QED) is 0.926. The van der Waals surface area contributed by atoms with Gasteiger partial charge in [0.2, 0.25) is 0 Å². The summed E-state index contributed by atoms with van der Waals surface area (Å²) >= 11 is 3.45. The van der Waals surface area contributed by atoms with Crippen LogP contribution in [0.1, 0.15) is 12.8 Å². The number of H-pyrrole nitrogens is 1. The third-order valence-corrected chi connectivity index (χ3v) is 3.93. The van der Waals surface area contributed by atoms with E-state index in [2.05, 4.69) is 20.9 Å². The van der Waals surface area contributed by atoms with Crippen molar-refractivity contribution in [2.75, 3.05) is 13.2 Å². The van der Waals surface area contributed by atoms with Gasteiger partial charge in [0.05, 0.1) is 17.6 Å². The van der Waals surface area contributed by atoms with Gasteiger partial charge in [-0.15, -0.1) is 0 Å². The summed E-state index contributed by atoms with van der Waals surface area (Å²) in [5.74, 6) is 0.439. The standard InChI is InChI=1S/C13H15BrN2O2/c14-10-3-4-11-12(6-10)16(13(17)15-11)7-9-2-1-5-18-8-9/h3-4,6,9H,1-2,5,7-8H2,(H,15,17). The number of ether oxygens (including phenoxy) is 1. The van der Waals surface area contributed by atoms with E-state index in [1.807, 2.05) is 22.8 Å². The van der Waals surface area contributed by atoms with E-state index in [9.17, 15) is 4.79 Å². The van der Waals surface area contributed by atoms with E-state index in [0.717, 1.165) is 48.1 Å². The summed E-state index contributed by atoms with van der Waals surface area (Å²) in [7, 11) is 0. The minimum absolute atomic E-state index is 0.0336. The molecule has 0 bridgehead atoms. The molecule has 1 fully saturated rings. The molecule has 0 radical (unpaired) electrons. The number of rotatable bonds is 2. The van der Waals surface area contributed by atoms with Gasteiger partial charge in [0.1, 0.15) is 0 Å². The molecule has 2 heterocycles. The van der Waals surface area contributed by atoms with Crippen LogP contribution in [0.2, 0.25) is 0 Å². The maximum atomic E-state index is 12.0. The first-order valence-electron chi connectivity index (χ1n) is 6.20. The third kappa shape index (κ3) is 2.24. The number of benzene rings is 1. The molecular weight excluding hydrogens is 296 g/mol. The number of hydrogen-bond acceptors (Lipinski definition) is 2. The molecule has 0 saturated carbocycles. The van der Waals surface area contributed by atoms with E-state index in [0.29, 0.717) is 5.92 Å². The summed E-state index contributed by atoms with van der Waals surface area (Å²) in [5, 5.41) is 0. The summed E-state index contributed by atoms with van der Waals surface area (Å²) in [6.45, 7) is 2.34. The van der Waals surface area contributed by atoms with Gasteiger partial charge in [-0.25, -0.2) is 4.79 Å². The maximum Gasteiger partial charge on any atom is 0.326 e. The zero-order valence-corrected chi connectivity index (χ0v) is 11.6. The van der Waals surface area contributed by atoms with Crippen molar-refractivity contribution in [2.24, 2.45) is 5.92 Å². The first-order chi connectivity index (χ1) is 8.74. The van der Waals surface area contributed by atoms with Gasteiger partial charge < -0.3 is 9.72 Å². The lowest BCUT2D eigenvalue weighted by atomic mass is 10.0. The molecule has 1 aromatic carbocycles. The Balaban J connectivity index is 1.97. The van der Waals surface area contributed by atoms with Crippen molar-refractivity contribution in [1.82, 2.24) is 9.55 Å². The highest BCUT2D eigenvalue weighted by Crippen LogP contribution is 2.20. The molecule has 3 rings (SSSR count). The molecule has 1 aliphatic rings. The van der Waals surface area contributed by atoms with Crippen molar-refractivity contribution in [2.45, 2.75) is 19.4 Å². The van der Waals surface area contributed by atoms with Crippen LogP contribution in [0, 0.1) is 5.92 Å². The Morgan fingerprint density at radius 3 is 3.17 bits per heavy atom. The zero-order chi connectivity index (χ0) is 12.5. The second kappa shape index (κ2) is 4.90. The predicted octanol–water partition coefficient (Wildman–Crippen LogP) is 2.52. The molecule has 1 aromatic heterocycles. The predicted molar refractivity (Wildman–Crippen MR) is 73.8 cm³/mol. The van der Waals surface area contributed by atoms with Crippen LogP contribution in [0.4, 0.5) is 0 Å². The van der Waals surface area contributed by atoms with Gasteiger partial charge in [-0.2, -0.15) is 0 Å². The van der Waals surface area contributed by atoms with Crippen LogP contribution in [0.15, 0.2) is 27.5 Å². The maximum absolute atomic E-state index is 12.0. The lowest BCUT2D eigenvalue weighted by Crippen LogP contribution is -2.27. The smallest absolute Gasteiger partial charge is 0.326 e. The Labute approximate surface area is 113 Å². The Bertz CT molecular complexity index is 611. The molecule has 1 unspecified atom stereocenters. The summed E-state index contributed by atoms with van der Waals surface area (Å²) in [4.78, 5) is 14.9. The topological polar surface area (TPSA) is 47.0 Å². The highest BCUT2D eigenvalue weighted by molar-refractivity contribution is 9.10. The molecule has 2 aromatic rings. The van der Waals surface area contributed by atoms with Crippen molar-refractivity contribution < 1.29 is 4.74 Å². The van der Waals surface area contributed by atoms with Crippen molar-refractivity contribution in [3.63, 3.8) is 0 Å². The van der Waals surface area contributed by atoms with Crippen LogP contribution in [0.5, 0.6) is 0 Å². The summed E-state index contributed by atoms with van der Waals surface area (Å²) in [6.07, 6.45) is 2.22. The number of aromatic amines is 1. The van der Waals surface area contributed by atoms with Gasteiger partial charge in [-0.3, -0.25) is 4.57 Å². The number of imidazole rings is 1. The van der Waals surface area contributed by atoms with Crippen LogP contribution in [-0.2, 0) is 11.3 Å². The fourth-order valence-electron chi connectivity index (χ4n) is 2.52. The third-order valence-electron chi connectivity index (χ3n) is 3.43. The Hall–Kier alpha value is -1.07. The second-order valence-electron chi connectivity index (χ2n) is 4.79. The number of aromatic nitrogens is 2. The monoisotopic (exact) mass is 310 g/mol. The highest BCUT2D eigenvalue weighted by Gasteiger charge is 2.17. The molecule has 96 valence electrons. The average molecular weight is 311 g/mol. The first kappa shape index (κ1) is 12.0. The van der Waals surface area contributed by atoms with E-state index in [4.69, 9.17) is 4.74 Å². The summed E-state index contributed by atoms with van der Waals surface area (Å²) in [6, 6.07) is 5.85. The van der Waals surface area contributed by atoms with Gasteiger partial charge in [0.15, 0.2) is 0 Å². The Morgan fingerprint density at radius 2 is 2.39 bits per heavy atom. The van der Waals surface area contributed by atoms with Crippen molar-refractivity contribution in [3.05, 3.63) is 33.2 Å². The molecular formula is C13H15BrN2O2. The van der Waals surface area contributed by atoms with E-state index >= 15 is 0 Å². The number of halogens is 1. The molecule has 4 nitrogen and oxygen atoms in total. The number of nitrogens with one attached hydrogen (secondary N) is 1. The summed E-state index contributed by atoms with van der Waals surface area (Å²) < 4.78 is 8.28. The Kier molecular flexibility index (Phi) is 3.26. The van der Waals surface area contributed by atoms with Crippen LogP contribution < -0.4 is 5.69 Å². The normalized spacial score (nSPS) is 20.4. The van der Waals surface area contributed by atoms with E-state index in [1.165, 1.54) is 0 Å². The first-order valence-corrected chi connectivity index (χ1v) is 6.99. The molecule has 18 heavy (non-hydrogen) atoms. The van der Waals surface area contributed by atoms with Crippen molar-refractivity contribution in [3.8, 4) is 0 Å². The largest absolute Gasteiger partial charge is 0.381 e. The molecule has 1 atom stereocenters. The molecule has 0 amide bonds. The minimum atomic E-state index is -0.0336. The highest BCUT2D eigenvalue weighted by atomic mass is 79.9. The number of nitrogens with zero attached hydrogens (tertiary/aromatic N) is 1. The average Bonchev–Trinajstić information content (AvgIpc) is 2.67. The van der Waals surface area contributed by atoms with Gasteiger partial charge in [-0.05, 0) is 31.0 Å². The van der Waals surface area contributed by atoms with Crippen LogP contribution in [-0.4, -0.2) is 22.8 Å². The minimum Gasteiger partial charge on any atom is -0.381 e. The fourth-order valence-corrected chi connectivity index (χ4v) is 2.87. The van der Waals surface area contributed by atoms with Crippen LogP contribution >= 0.6 is 15.9 Å². The zero-order valence-electron chi connectivity index (χ0n) is 9.99. The molecule has 5 heteroatoms. The number of fused-ring (bicyclic) bond motifs is 1. The Morgan fingerprint density at radius 1 is 1.50 bits per heavy atom. The lowest BCUT2D eigenvalue weighted by molar-refractivity contribution is 0.0484. The van der Waals surface area contributed by atoms with E-state index in [-0.39, 0.29) is 5.69 Å². The second-order valence-corrected chi connectivity index (χ2v) is 5.70.